The van der Waals surface area contributed by atoms with Crippen molar-refractivity contribution in [3.8, 4) is 0 Å². The van der Waals surface area contributed by atoms with E-state index in [-0.39, 0.29) is 11.9 Å². The van der Waals surface area contributed by atoms with Gasteiger partial charge >= 0.3 is 0 Å². The standard InChI is InChI=1S/C18H33N3O2/c19-11-10-17(22)20-14-16-9-5-6-12-21(16)18(23)13-15-7-3-1-2-4-8-15/h15-16H,1-14,19H2,(H,20,22). The molecule has 3 N–H and O–H groups in total. The molecule has 0 radical (unpaired) electrons. The normalized spacial score (nSPS) is 23.3. The highest BCUT2D eigenvalue weighted by atomic mass is 16.2. The first kappa shape index (κ1) is 18.2. The van der Waals surface area contributed by atoms with Crippen LogP contribution in [0.4, 0.5) is 0 Å². The lowest BCUT2D eigenvalue weighted by atomic mass is 9.94. The number of nitrogens with zero attached hydrogens (tertiary/aromatic N) is 1. The number of hydrogen-bond donors (Lipinski definition) is 2. The van der Waals surface area contributed by atoms with Crippen molar-refractivity contribution < 1.29 is 9.59 Å². The Morgan fingerprint density at radius 2 is 1.70 bits per heavy atom. The quantitative estimate of drug-likeness (QED) is 0.736. The topological polar surface area (TPSA) is 75.4 Å². The van der Waals surface area contributed by atoms with E-state index < -0.39 is 0 Å². The summed E-state index contributed by atoms with van der Waals surface area (Å²) in [6.07, 6.45) is 11.9. The predicted octanol–water partition coefficient (Wildman–Crippen LogP) is 2.19. The number of hydrogen-bond acceptors (Lipinski definition) is 3. The molecule has 0 aromatic rings. The monoisotopic (exact) mass is 323 g/mol. The molecule has 0 bridgehead atoms. The molecule has 2 amide bonds. The molecule has 2 fully saturated rings. The molecule has 1 aliphatic carbocycles. The molecule has 2 rings (SSSR count). The average molecular weight is 323 g/mol. The van der Waals surface area contributed by atoms with Crippen molar-refractivity contribution in [3.63, 3.8) is 0 Å². The zero-order chi connectivity index (χ0) is 16.5. The Bertz CT molecular complexity index is 378. The fourth-order valence-corrected chi connectivity index (χ4v) is 3.92. The number of carbonyl (C=O) groups excluding carboxylic acids is 2. The van der Waals surface area contributed by atoms with Gasteiger partial charge in [-0.2, -0.15) is 0 Å². The molecule has 1 saturated heterocycles. The molecule has 5 nitrogen and oxygen atoms in total. The Kier molecular flexibility index (Phi) is 7.86. The molecule has 1 unspecified atom stereocenters. The second kappa shape index (κ2) is 9.91. The van der Waals surface area contributed by atoms with E-state index in [2.05, 4.69) is 5.32 Å². The number of piperidine rings is 1. The van der Waals surface area contributed by atoms with Crippen LogP contribution in [0.1, 0.15) is 70.6 Å². The van der Waals surface area contributed by atoms with Crippen LogP contribution in [0, 0.1) is 5.92 Å². The first-order chi connectivity index (χ1) is 11.2. The fraction of sp³-hybridized carbons (Fsp3) is 0.889. The van der Waals surface area contributed by atoms with Crippen LogP contribution >= 0.6 is 0 Å². The van der Waals surface area contributed by atoms with Gasteiger partial charge in [0.15, 0.2) is 0 Å². The minimum Gasteiger partial charge on any atom is -0.354 e. The highest BCUT2D eigenvalue weighted by Crippen LogP contribution is 2.27. The van der Waals surface area contributed by atoms with E-state index in [1.807, 2.05) is 4.90 Å². The lowest BCUT2D eigenvalue weighted by Gasteiger charge is -2.36. The van der Waals surface area contributed by atoms with E-state index in [0.717, 1.165) is 25.8 Å². The number of rotatable bonds is 6. The Morgan fingerprint density at radius 1 is 1.00 bits per heavy atom. The van der Waals surface area contributed by atoms with E-state index in [9.17, 15) is 9.59 Å². The molecule has 1 atom stereocenters. The highest BCUT2D eigenvalue weighted by molar-refractivity contribution is 5.78. The predicted molar refractivity (Wildman–Crippen MR) is 91.8 cm³/mol. The van der Waals surface area contributed by atoms with Gasteiger partial charge in [0, 0.05) is 38.5 Å². The largest absolute Gasteiger partial charge is 0.354 e. The molecule has 0 aromatic heterocycles. The minimum atomic E-state index is -0.00533. The van der Waals surface area contributed by atoms with Gasteiger partial charge in [0.05, 0.1) is 0 Å². The third-order valence-corrected chi connectivity index (χ3v) is 5.29. The van der Waals surface area contributed by atoms with Crippen molar-refractivity contribution in [2.24, 2.45) is 11.7 Å². The zero-order valence-electron chi connectivity index (χ0n) is 14.4. The van der Waals surface area contributed by atoms with Crippen molar-refractivity contribution in [2.45, 2.75) is 76.7 Å². The van der Waals surface area contributed by atoms with E-state index in [4.69, 9.17) is 5.73 Å². The van der Waals surface area contributed by atoms with E-state index in [1.54, 1.807) is 0 Å². The van der Waals surface area contributed by atoms with Crippen molar-refractivity contribution in [2.75, 3.05) is 19.6 Å². The number of nitrogens with two attached hydrogens (primary N) is 1. The molecule has 132 valence electrons. The second-order valence-electron chi connectivity index (χ2n) is 7.14. The van der Waals surface area contributed by atoms with E-state index in [1.165, 1.54) is 38.5 Å². The summed E-state index contributed by atoms with van der Waals surface area (Å²) < 4.78 is 0. The SMILES string of the molecule is NCCC(=O)NCC1CCCCN1C(=O)CC1CCCCCC1. The molecular weight excluding hydrogens is 290 g/mol. The summed E-state index contributed by atoms with van der Waals surface area (Å²) in [4.78, 5) is 26.4. The maximum atomic E-state index is 12.8. The van der Waals surface area contributed by atoms with Gasteiger partial charge in [-0.1, -0.05) is 25.7 Å². The van der Waals surface area contributed by atoms with Crippen molar-refractivity contribution >= 4 is 11.8 Å². The van der Waals surface area contributed by atoms with Gasteiger partial charge in [-0.15, -0.1) is 0 Å². The van der Waals surface area contributed by atoms with Gasteiger partial charge < -0.3 is 16.0 Å². The number of nitrogens with one attached hydrogen (secondary N) is 1. The number of likely N-dealkylation sites (tertiary alicyclic amines) is 1. The number of carbonyl (C=O) groups is 2. The van der Waals surface area contributed by atoms with Crippen molar-refractivity contribution in [1.82, 2.24) is 10.2 Å². The lowest BCUT2D eigenvalue weighted by Crippen LogP contribution is -2.49. The van der Waals surface area contributed by atoms with E-state index >= 15 is 0 Å². The smallest absolute Gasteiger partial charge is 0.223 e. The van der Waals surface area contributed by atoms with Crippen molar-refractivity contribution in [3.05, 3.63) is 0 Å². The van der Waals surface area contributed by atoms with Crippen LogP contribution in [0.5, 0.6) is 0 Å². The summed E-state index contributed by atoms with van der Waals surface area (Å²) in [5, 5.41) is 2.94. The first-order valence-corrected chi connectivity index (χ1v) is 9.47. The molecule has 1 saturated carbocycles. The molecule has 23 heavy (non-hydrogen) atoms. The van der Waals surface area contributed by atoms with E-state index in [0.29, 0.717) is 37.8 Å². The fourth-order valence-electron chi connectivity index (χ4n) is 3.92. The molecule has 2 aliphatic rings. The summed E-state index contributed by atoms with van der Waals surface area (Å²) in [6, 6.07) is 0.170. The highest BCUT2D eigenvalue weighted by Gasteiger charge is 2.28. The summed E-state index contributed by atoms with van der Waals surface area (Å²) in [5.74, 6) is 0.864. The summed E-state index contributed by atoms with van der Waals surface area (Å²) in [7, 11) is 0. The van der Waals surface area contributed by atoms with Crippen LogP contribution in [0.3, 0.4) is 0 Å². The van der Waals surface area contributed by atoms with Gasteiger partial charge in [0.2, 0.25) is 11.8 Å². The Labute approximate surface area is 140 Å². The third kappa shape index (κ3) is 6.13. The Hall–Kier alpha value is -1.10. The molecule has 5 heteroatoms. The maximum Gasteiger partial charge on any atom is 0.223 e. The maximum absolute atomic E-state index is 12.8. The van der Waals surface area contributed by atoms with Gasteiger partial charge in [-0.05, 0) is 38.0 Å². The minimum absolute atomic E-state index is 0.00533. The van der Waals surface area contributed by atoms with Gasteiger partial charge in [-0.3, -0.25) is 9.59 Å². The third-order valence-electron chi connectivity index (χ3n) is 5.29. The zero-order valence-corrected chi connectivity index (χ0v) is 14.4. The Balaban J connectivity index is 1.83. The van der Waals surface area contributed by atoms with Crippen LogP contribution in [0.15, 0.2) is 0 Å². The molecular formula is C18H33N3O2. The summed E-state index contributed by atoms with van der Waals surface area (Å²) in [5.41, 5.74) is 5.41. The lowest BCUT2D eigenvalue weighted by molar-refractivity contribution is -0.136. The van der Waals surface area contributed by atoms with Crippen LogP contribution < -0.4 is 11.1 Å². The van der Waals surface area contributed by atoms with Gasteiger partial charge in [0.25, 0.3) is 0 Å². The van der Waals surface area contributed by atoms with Crippen LogP contribution in [-0.2, 0) is 9.59 Å². The molecule has 1 aliphatic heterocycles. The first-order valence-electron chi connectivity index (χ1n) is 9.47. The van der Waals surface area contributed by atoms with Crippen LogP contribution in [0.25, 0.3) is 0 Å². The average Bonchev–Trinajstić information content (AvgIpc) is 2.82. The van der Waals surface area contributed by atoms with Gasteiger partial charge in [-0.25, -0.2) is 0 Å². The molecule has 0 spiro atoms. The second-order valence-corrected chi connectivity index (χ2v) is 7.14. The van der Waals surface area contributed by atoms with Crippen LogP contribution in [0.2, 0.25) is 0 Å². The Morgan fingerprint density at radius 3 is 2.39 bits per heavy atom. The summed E-state index contributed by atoms with van der Waals surface area (Å²) >= 11 is 0. The van der Waals surface area contributed by atoms with Crippen molar-refractivity contribution in [1.29, 1.82) is 0 Å². The van der Waals surface area contributed by atoms with Crippen LogP contribution in [-0.4, -0.2) is 42.4 Å². The van der Waals surface area contributed by atoms with Gasteiger partial charge in [0.1, 0.15) is 0 Å². The molecule has 0 aromatic carbocycles. The summed E-state index contributed by atoms with van der Waals surface area (Å²) in [6.45, 7) is 1.80. The molecule has 1 heterocycles. The number of amides is 2.